The summed E-state index contributed by atoms with van der Waals surface area (Å²) in [5, 5.41) is 0.843. The summed E-state index contributed by atoms with van der Waals surface area (Å²) in [7, 11) is 0. The van der Waals surface area contributed by atoms with Crippen LogP contribution in [0.2, 0.25) is 0 Å². The Bertz CT molecular complexity index is 1500. The number of H-pyrrole nitrogens is 1. The number of alkyl halides is 3. The third-order valence-electron chi connectivity index (χ3n) is 7.74. The lowest BCUT2D eigenvalue weighted by molar-refractivity contribution is -0.137. The molecule has 1 N–H and O–H groups in total. The highest BCUT2D eigenvalue weighted by Crippen LogP contribution is 2.34. The predicted molar refractivity (Wildman–Crippen MR) is 142 cm³/mol. The molecule has 2 fully saturated rings. The van der Waals surface area contributed by atoms with E-state index >= 15 is 0 Å². The molecule has 2 amide bonds. The smallest absolute Gasteiger partial charge is 0.361 e. The number of carbonyl (C=O) groups is 2. The summed E-state index contributed by atoms with van der Waals surface area (Å²) in [4.78, 5) is 35.1. The lowest BCUT2D eigenvalue weighted by atomic mass is 10.0. The van der Waals surface area contributed by atoms with E-state index in [1.165, 1.54) is 12.1 Å². The average Bonchev–Trinajstić information content (AvgIpc) is 3.35. The maximum Gasteiger partial charge on any atom is 0.416 e. The Balaban J connectivity index is 1.06. The van der Waals surface area contributed by atoms with Gasteiger partial charge in [0.05, 0.1) is 5.56 Å². The van der Waals surface area contributed by atoms with Crippen LogP contribution < -0.4 is 0 Å². The highest BCUT2D eigenvalue weighted by atomic mass is 19.4. The van der Waals surface area contributed by atoms with E-state index in [1.54, 1.807) is 18.3 Å². The van der Waals surface area contributed by atoms with E-state index in [9.17, 15) is 22.8 Å². The van der Waals surface area contributed by atoms with Crippen LogP contribution in [0.4, 0.5) is 13.2 Å². The number of piperazine rings is 1. The molecule has 6 nitrogen and oxygen atoms in total. The van der Waals surface area contributed by atoms with Gasteiger partial charge in [-0.15, -0.1) is 0 Å². The number of fused-ring (bicyclic) bond motifs is 1. The molecule has 6 rings (SSSR count). The fourth-order valence-corrected chi connectivity index (χ4v) is 5.42. The third kappa shape index (κ3) is 4.90. The standard InChI is InChI=1S/C30H27F3N4O2/c31-30(32,33)23-9-6-20(7-10-23)26-17-34-27-16-22(8-11-25(26)27)29(39)37-18-24(19-37)35-12-14-36(15-13-35)28(38)21-4-2-1-3-5-21/h1-11,16-17,24,34H,12-15,18-19H2. The van der Waals surface area contributed by atoms with Gasteiger partial charge in [0.25, 0.3) is 11.8 Å². The molecule has 39 heavy (non-hydrogen) atoms. The van der Waals surface area contributed by atoms with E-state index in [0.717, 1.165) is 41.7 Å². The Labute approximate surface area is 223 Å². The average molecular weight is 533 g/mol. The molecule has 200 valence electrons. The Hall–Kier alpha value is -4.11. The SMILES string of the molecule is O=C(c1ccccc1)N1CCN(C2CN(C(=O)c3ccc4c(-c5ccc(C(F)(F)F)cc5)c[nH]c4c3)C2)CC1. The minimum absolute atomic E-state index is 0.0447. The summed E-state index contributed by atoms with van der Waals surface area (Å²) in [6.45, 7) is 4.20. The summed E-state index contributed by atoms with van der Waals surface area (Å²) >= 11 is 0. The van der Waals surface area contributed by atoms with Crippen molar-refractivity contribution in [3.63, 3.8) is 0 Å². The highest BCUT2D eigenvalue weighted by Gasteiger charge is 2.37. The van der Waals surface area contributed by atoms with Gasteiger partial charge in [0.1, 0.15) is 0 Å². The first kappa shape index (κ1) is 25.2. The first-order chi connectivity index (χ1) is 18.8. The van der Waals surface area contributed by atoms with Crippen molar-refractivity contribution in [3.8, 4) is 11.1 Å². The van der Waals surface area contributed by atoms with Crippen LogP contribution in [-0.4, -0.2) is 76.8 Å². The van der Waals surface area contributed by atoms with Crippen molar-refractivity contribution in [3.05, 3.63) is 95.7 Å². The first-order valence-electron chi connectivity index (χ1n) is 12.9. The topological polar surface area (TPSA) is 59.7 Å². The number of aromatic nitrogens is 1. The van der Waals surface area contributed by atoms with Crippen molar-refractivity contribution in [1.29, 1.82) is 0 Å². The van der Waals surface area contributed by atoms with Crippen LogP contribution >= 0.6 is 0 Å². The minimum Gasteiger partial charge on any atom is -0.361 e. The molecule has 9 heteroatoms. The number of rotatable bonds is 4. The van der Waals surface area contributed by atoms with E-state index in [2.05, 4.69) is 9.88 Å². The number of nitrogens with one attached hydrogen (secondary N) is 1. The molecule has 1 aromatic heterocycles. The normalized spacial score (nSPS) is 16.9. The lowest BCUT2D eigenvalue weighted by Gasteiger charge is -2.48. The lowest BCUT2D eigenvalue weighted by Crippen LogP contribution is -2.64. The maximum atomic E-state index is 13.1. The van der Waals surface area contributed by atoms with E-state index < -0.39 is 11.7 Å². The van der Waals surface area contributed by atoms with Crippen molar-refractivity contribution in [2.75, 3.05) is 39.3 Å². The number of likely N-dealkylation sites (tertiary alicyclic amines) is 1. The van der Waals surface area contributed by atoms with E-state index in [1.807, 2.05) is 46.2 Å². The zero-order valence-corrected chi connectivity index (χ0v) is 21.1. The van der Waals surface area contributed by atoms with E-state index in [0.29, 0.717) is 42.9 Å². The number of aromatic amines is 1. The number of benzene rings is 3. The van der Waals surface area contributed by atoms with E-state index in [4.69, 9.17) is 0 Å². The molecule has 2 aliphatic heterocycles. The van der Waals surface area contributed by atoms with Gasteiger partial charge in [-0.2, -0.15) is 13.2 Å². The van der Waals surface area contributed by atoms with Crippen LogP contribution in [0.25, 0.3) is 22.0 Å². The summed E-state index contributed by atoms with van der Waals surface area (Å²) in [6, 6.07) is 20.1. The Morgan fingerprint density at radius 2 is 1.44 bits per heavy atom. The van der Waals surface area contributed by atoms with Crippen LogP contribution in [-0.2, 0) is 6.18 Å². The largest absolute Gasteiger partial charge is 0.416 e. The number of amides is 2. The van der Waals surface area contributed by atoms with Gasteiger partial charge in [0.2, 0.25) is 0 Å². The summed E-state index contributed by atoms with van der Waals surface area (Å²) < 4.78 is 38.7. The van der Waals surface area contributed by atoms with Gasteiger partial charge in [0.15, 0.2) is 0 Å². The number of halogens is 3. The summed E-state index contributed by atoms with van der Waals surface area (Å²) in [6.07, 6.45) is -2.62. The molecule has 2 saturated heterocycles. The summed E-state index contributed by atoms with van der Waals surface area (Å²) in [5.41, 5.74) is 2.80. The predicted octanol–water partition coefficient (Wildman–Crippen LogP) is 5.14. The van der Waals surface area contributed by atoms with Gasteiger partial charge in [-0.1, -0.05) is 36.4 Å². The van der Waals surface area contributed by atoms with Gasteiger partial charge in [-0.3, -0.25) is 14.5 Å². The Morgan fingerprint density at radius 3 is 2.10 bits per heavy atom. The maximum absolute atomic E-state index is 13.1. The number of nitrogens with zero attached hydrogens (tertiary/aromatic N) is 3. The molecule has 0 saturated carbocycles. The van der Waals surface area contributed by atoms with Crippen molar-refractivity contribution >= 4 is 22.7 Å². The van der Waals surface area contributed by atoms with Crippen LogP contribution in [0.3, 0.4) is 0 Å². The second-order valence-corrected chi connectivity index (χ2v) is 10.1. The monoisotopic (exact) mass is 532 g/mol. The third-order valence-corrected chi connectivity index (χ3v) is 7.74. The molecule has 4 aromatic rings. The van der Waals surface area contributed by atoms with Gasteiger partial charge in [-0.25, -0.2) is 0 Å². The highest BCUT2D eigenvalue weighted by molar-refractivity contribution is 6.02. The second-order valence-electron chi connectivity index (χ2n) is 10.1. The molecule has 0 atom stereocenters. The molecule has 2 aliphatic rings. The van der Waals surface area contributed by atoms with Crippen molar-refractivity contribution in [2.24, 2.45) is 0 Å². The Kier molecular flexibility index (Phi) is 6.38. The van der Waals surface area contributed by atoms with Gasteiger partial charge in [-0.05, 0) is 42.0 Å². The molecule has 3 aromatic carbocycles. The quantitative estimate of drug-likeness (QED) is 0.396. The first-order valence-corrected chi connectivity index (χ1v) is 12.9. The Morgan fingerprint density at radius 1 is 0.769 bits per heavy atom. The fourth-order valence-electron chi connectivity index (χ4n) is 5.42. The summed E-state index contributed by atoms with van der Waals surface area (Å²) in [5.74, 6) is 0.0126. The van der Waals surface area contributed by atoms with Crippen LogP contribution in [0.1, 0.15) is 26.3 Å². The molecule has 0 bridgehead atoms. The molecular weight excluding hydrogens is 505 g/mol. The second kappa shape index (κ2) is 9.89. The fraction of sp³-hybridized carbons (Fsp3) is 0.267. The molecule has 0 radical (unpaired) electrons. The van der Waals surface area contributed by atoms with Crippen molar-refractivity contribution in [1.82, 2.24) is 19.7 Å². The van der Waals surface area contributed by atoms with Crippen molar-refractivity contribution < 1.29 is 22.8 Å². The molecule has 0 aliphatic carbocycles. The number of carbonyl (C=O) groups excluding carboxylic acids is 2. The molecule has 0 unspecified atom stereocenters. The molecule has 0 spiro atoms. The van der Waals surface area contributed by atoms with Gasteiger partial charge in [0, 0.05) is 79.1 Å². The van der Waals surface area contributed by atoms with Crippen LogP contribution in [0, 0.1) is 0 Å². The minimum atomic E-state index is -4.38. The van der Waals surface area contributed by atoms with Gasteiger partial charge >= 0.3 is 6.18 Å². The number of hydrogen-bond donors (Lipinski definition) is 1. The molecular formula is C30H27F3N4O2. The van der Waals surface area contributed by atoms with Crippen molar-refractivity contribution in [2.45, 2.75) is 12.2 Å². The van der Waals surface area contributed by atoms with E-state index in [-0.39, 0.29) is 17.9 Å². The van der Waals surface area contributed by atoms with Crippen LogP contribution in [0.15, 0.2) is 79.0 Å². The van der Waals surface area contributed by atoms with Gasteiger partial charge < -0.3 is 14.8 Å². The number of hydrogen-bond acceptors (Lipinski definition) is 3. The zero-order chi connectivity index (χ0) is 27.1. The zero-order valence-electron chi connectivity index (χ0n) is 21.1. The molecule has 3 heterocycles. The van der Waals surface area contributed by atoms with Crippen LogP contribution in [0.5, 0.6) is 0 Å².